The first-order chi connectivity index (χ1) is 26.3. The Morgan fingerprint density at radius 3 is 2.02 bits per heavy atom. The van der Waals surface area contributed by atoms with Crippen molar-refractivity contribution >= 4 is 113 Å². The minimum atomic E-state index is 0.683. The molecule has 8 aromatic carbocycles. The topological polar surface area (TPSA) is 35.1 Å². The van der Waals surface area contributed by atoms with Gasteiger partial charge in [0, 0.05) is 53.4 Å². The maximum Gasteiger partial charge on any atom is 0.235 e. The first kappa shape index (κ1) is 27.8. The minimum Gasteiger partial charge on any atom is -0.307 e. The van der Waals surface area contributed by atoms with Crippen LogP contribution in [-0.2, 0) is 0 Å². The predicted molar refractivity (Wildman–Crippen MR) is 224 cm³/mol. The van der Waals surface area contributed by atoms with Crippen LogP contribution in [0.1, 0.15) is 0 Å². The van der Waals surface area contributed by atoms with E-state index in [1.165, 1.54) is 75.1 Å². The van der Waals surface area contributed by atoms with E-state index in [1.807, 2.05) is 0 Å². The van der Waals surface area contributed by atoms with Crippen molar-refractivity contribution in [3.05, 3.63) is 158 Å². The van der Waals surface area contributed by atoms with Gasteiger partial charge in [-0.25, -0.2) is 9.97 Å². The Morgan fingerprint density at radius 2 is 1.13 bits per heavy atom. The van der Waals surface area contributed by atoms with Gasteiger partial charge in [-0.3, -0.25) is 4.57 Å². The van der Waals surface area contributed by atoms with E-state index in [2.05, 4.69) is 167 Å². The lowest BCUT2D eigenvalue weighted by atomic mass is 10.0. The first-order valence-corrected chi connectivity index (χ1v) is 18.8. The number of nitrogens with zero attached hydrogens (tertiary/aromatic N) is 4. The van der Waals surface area contributed by atoms with E-state index in [9.17, 15) is 0 Å². The molecule has 0 saturated carbocycles. The lowest BCUT2D eigenvalue weighted by Crippen LogP contribution is -2.02. The van der Waals surface area contributed by atoms with Crippen LogP contribution in [0.15, 0.2) is 158 Å². The van der Waals surface area contributed by atoms with Gasteiger partial charge in [0.05, 0.1) is 43.5 Å². The molecule has 0 radical (unpaired) electrons. The molecule has 0 unspecified atom stereocenters. The molecule has 0 amide bonds. The van der Waals surface area contributed by atoms with Crippen LogP contribution >= 0.6 is 11.3 Å². The summed E-state index contributed by atoms with van der Waals surface area (Å²) in [7, 11) is 0. The van der Waals surface area contributed by atoms with Gasteiger partial charge >= 0.3 is 0 Å². The number of para-hydroxylation sites is 2. The molecule has 0 N–H and O–H groups in total. The van der Waals surface area contributed by atoms with Crippen molar-refractivity contribution in [3.63, 3.8) is 0 Å². The van der Waals surface area contributed by atoms with Gasteiger partial charge in [0.25, 0.3) is 0 Å². The van der Waals surface area contributed by atoms with Crippen LogP contribution in [0.5, 0.6) is 0 Å². The molecule has 0 atom stereocenters. The molecule has 0 spiro atoms. The molecule has 0 aliphatic carbocycles. The fraction of sp³-hybridized carbons (Fsp3) is 0. The minimum absolute atomic E-state index is 0.683. The monoisotopic (exact) mass is 690 g/mol. The zero-order valence-corrected chi connectivity index (χ0v) is 29.0. The summed E-state index contributed by atoms with van der Waals surface area (Å²) in [5.74, 6) is 0.683. The third kappa shape index (κ3) is 3.54. The van der Waals surface area contributed by atoms with E-state index in [0.29, 0.717) is 5.95 Å². The highest BCUT2D eigenvalue weighted by Gasteiger charge is 2.26. The smallest absolute Gasteiger partial charge is 0.235 e. The summed E-state index contributed by atoms with van der Waals surface area (Å²) in [6.45, 7) is 0. The fourth-order valence-corrected chi connectivity index (χ4v) is 10.3. The molecule has 0 aliphatic rings. The molecule has 0 fully saturated rings. The van der Waals surface area contributed by atoms with Gasteiger partial charge in [0.2, 0.25) is 5.95 Å². The summed E-state index contributed by atoms with van der Waals surface area (Å²) in [6.07, 6.45) is 0. The normalized spacial score (nSPS) is 12.5. The maximum atomic E-state index is 5.56. The first-order valence-electron chi connectivity index (χ1n) is 18.0. The molecule has 5 aromatic heterocycles. The van der Waals surface area contributed by atoms with Crippen LogP contribution in [0.25, 0.3) is 119 Å². The molecule has 5 heterocycles. The highest BCUT2D eigenvalue weighted by atomic mass is 32.1. The van der Waals surface area contributed by atoms with Gasteiger partial charge in [-0.15, -0.1) is 11.3 Å². The number of hydrogen-bond donors (Lipinski definition) is 0. The molecule has 0 bridgehead atoms. The fourth-order valence-electron chi connectivity index (χ4n) is 9.19. The van der Waals surface area contributed by atoms with Crippen LogP contribution < -0.4 is 0 Å². The van der Waals surface area contributed by atoms with Gasteiger partial charge in [-0.2, -0.15) is 0 Å². The zero-order chi connectivity index (χ0) is 34.4. The average Bonchev–Trinajstić information content (AvgIpc) is 3.95. The second kappa shape index (κ2) is 9.94. The third-order valence-electron chi connectivity index (χ3n) is 11.4. The van der Waals surface area contributed by atoms with E-state index in [-0.39, 0.29) is 0 Å². The highest BCUT2D eigenvalue weighted by Crippen LogP contribution is 2.48. The van der Waals surface area contributed by atoms with Gasteiger partial charge in [0.1, 0.15) is 0 Å². The molecule has 0 saturated heterocycles. The Hall–Kier alpha value is -6.82. The van der Waals surface area contributed by atoms with Crippen LogP contribution in [-0.4, -0.2) is 18.9 Å². The molecule has 0 aliphatic heterocycles. The molecule has 13 rings (SSSR count). The average molecular weight is 691 g/mol. The summed E-state index contributed by atoms with van der Waals surface area (Å²) in [6, 6.07) is 57.3. The number of rotatable bonds is 2. The van der Waals surface area contributed by atoms with Crippen molar-refractivity contribution in [2.75, 3.05) is 0 Å². The van der Waals surface area contributed by atoms with Crippen molar-refractivity contribution in [2.45, 2.75) is 0 Å². The number of fused-ring (bicyclic) bond motifs is 16. The summed E-state index contributed by atoms with van der Waals surface area (Å²) < 4.78 is 7.16. The van der Waals surface area contributed by atoms with Crippen molar-refractivity contribution in [1.82, 2.24) is 18.9 Å². The van der Waals surface area contributed by atoms with Gasteiger partial charge in [-0.05, 0) is 46.5 Å². The van der Waals surface area contributed by atoms with Crippen molar-refractivity contribution in [1.29, 1.82) is 0 Å². The quantitative estimate of drug-likeness (QED) is 0.181. The van der Waals surface area contributed by atoms with E-state index in [4.69, 9.17) is 9.97 Å². The molecule has 5 heteroatoms. The Bertz CT molecular complexity index is 3700. The number of hydrogen-bond acceptors (Lipinski definition) is 3. The SMILES string of the molecule is c1ccc2cc(-c3nc(-n4c5ccccc5c5c6c7ccc8ccccc8c7n7c8ccccc8c(cc54)c67)nc4c3sc3ccccc34)ccc2c1. The second-order valence-electron chi connectivity index (χ2n) is 14.1. The number of aromatic nitrogens is 4. The van der Waals surface area contributed by atoms with E-state index < -0.39 is 0 Å². The number of thiophene rings is 1. The van der Waals surface area contributed by atoms with Crippen molar-refractivity contribution < 1.29 is 0 Å². The van der Waals surface area contributed by atoms with Crippen LogP contribution in [0.3, 0.4) is 0 Å². The zero-order valence-electron chi connectivity index (χ0n) is 28.2. The molecule has 53 heavy (non-hydrogen) atoms. The Labute approximate surface area is 305 Å². The van der Waals surface area contributed by atoms with Crippen LogP contribution in [0.2, 0.25) is 0 Å². The maximum absolute atomic E-state index is 5.56. The molecule has 13 aromatic rings. The molecule has 244 valence electrons. The lowest BCUT2D eigenvalue weighted by molar-refractivity contribution is 1.02. The summed E-state index contributed by atoms with van der Waals surface area (Å²) in [4.78, 5) is 11.1. The number of benzene rings is 8. The molecular weight excluding hydrogens is 665 g/mol. The van der Waals surface area contributed by atoms with E-state index >= 15 is 0 Å². The Kier molecular flexibility index (Phi) is 5.22. The standard InChI is InChI=1S/C48H26N4S/c1-2-13-29-25-30(22-21-27(29)11-1)43-47-44(34-17-7-10-20-40(34)53-47)50-48(49-43)51-38-19-9-6-16-33(38)41-39(51)26-36-32-15-5-8-18-37(32)52-45-31-14-4-3-12-28(31)23-24-35(45)42(41)46(36)52/h1-26H. The van der Waals surface area contributed by atoms with Gasteiger partial charge in [-0.1, -0.05) is 127 Å². The third-order valence-corrected chi connectivity index (χ3v) is 12.6. The van der Waals surface area contributed by atoms with Crippen LogP contribution in [0.4, 0.5) is 0 Å². The summed E-state index contributed by atoms with van der Waals surface area (Å²) in [5.41, 5.74) is 9.00. The van der Waals surface area contributed by atoms with Crippen molar-refractivity contribution in [3.8, 4) is 17.2 Å². The summed E-state index contributed by atoms with van der Waals surface area (Å²) >= 11 is 1.78. The largest absolute Gasteiger partial charge is 0.307 e. The molecule has 4 nitrogen and oxygen atoms in total. The van der Waals surface area contributed by atoms with E-state index in [1.54, 1.807) is 11.3 Å². The van der Waals surface area contributed by atoms with Crippen LogP contribution in [0, 0.1) is 0 Å². The summed E-state index contributed by atoms with van der Waals surface area (Å²) in [5, 5.41) is 13.5. The highest BCUT2D eigenvalue weighted by molar-refractivity contribution is 7.26. The predicted octanol–water partition coefficient (Wildman–Crippen LogP) is 13.1. The Morgan fingerprint density at radius 1 is 0.434 bits per heavy atom. The van der Waals surface area contributed by atoms with Crippen molar-refractivity contribution in [2.24, 2.45) is 0 Å². The lowest BCUT2D eigenvalue weighted by Gasteiger charge is -2.11. The van der Waals surface area contributed by atoms with Gasteiger partial charge in [0.15, 0.2) is 0 Å². The molecular formula is C48H26N4S. The second-order valence-corrected chi connectivity index (χ2v) is 15.2. The van der Waals surface area contributed by atoms with Gasteiger partial charge < -0.3 is 4.40 Å². The van der Waals surface area contributed by atoms with E-state index in [0.717, 1.165) is 37.9 Å². The Balaban J connectivity index is 1.24.